The zero-order valence-electron chi connectivity index (χ0n) is 30.4. The van der Waals surface area contributed by atoms with Gasteiger partial charge in [0.2, 0.25) is 5.78 Å². The molecule has 0 spiro atoms. The predicted octanol–water partition coefficient (Wildman–Crippen LogP) is 6.05. The SMILES string of the molecule is COc1ccc(C(OC[C@H]2O[C@@H](n3cnc4c(=O)n5cc[nH]c5nc43)[C@H](O[Si](C)(C)C(C)(C)C)[C@@H]2O)(c2ccccc2)c2ccc(OC)cc2)cc1. The highest BCUT2D eigenvalue weighted by atomic mass is 28.4. The number of rotatable bonds is 11. The van der Waals surface area contributed by atoms with Crippen LogP contribution in [0.15, 0.2) is 102 Å². The predicted molar refractivity (Wildman–Crippen MR) is 199 cm³/mol. The van der Waals surface area contributed by atoms with E-state index in [9.17, 15) is 9.90 Å². The molecule has 13 heteroatoms. The molecule has 2 N–H and O–H groups in total. The minimum atomic E-state index is -2.47. The second-order valence-electron chi connectivity index (χ2n) is 14.6. The quantitative estimate of drug-likeness (QED) is 0.121. The Morgan fingerprint density at radius 3 is 2.08 bits per heavy atom. The maximum absolute atomic E-state index is 13.3. The first kappa shape index (κ1) is 35.6. The van der Waals surface area contributed by atoms with E-state index in [0.717, 1.165) is 16.7 Å². The van der Waals surface area contributed by atoms with Crippen molar-refractivity contribution >= 4 is 25.3 Å². The molecular weight excluding hydrogens is 679 g/mol. The van der Waals surface area contributed by atoms with Crippen molar-refractivity contribution in [2.75, 3.05) is 20.8 Å². The summed E-state index contributed by atoms with van der Waals surface area (Å²) in [4.78, 5) is 25.5. The molecule has 1 aliphatic rings. The highest BCUT2D eigenvalue weighted by Crippen LogP contribution is 2.45. The number of aliphatic hydroxyl groups excluding tert-OH is 1. The first-order valence-electron chi connectivity index (χ1n) is 17.3. The Hall–Kier alpha value is -4.79. The number of methoxy groups -OCH3 is 2. The van der Waals surface area contributed by atoms with Crippen LogP contribution in [-0.4, -0.2) is 76.5 Å². The highest BCUT2D eigenvalue weighted by Gasteiger charge is 2.52. The van der Waals surface area contributed by atoms with Crippen molar-refractivity contribution in [1.82, 2.24) is 23.9 Å². The lowest BCUT2D eigenvalue weighted by atomic mass is 9.80. The molecule has 3 aromatic heterocycles. The van der Waals surface area contributed by atoms with Gasteiger partial charge in [-0.2, -0.15) is 4.98 Å². The Labute approximate surface area is 303 Å². The molecule has 4 atom stereocenters. The summed E-state index contributed by atoms with van der Waals surface area (Å²) in [6.45, 7) is 10.7. The van der Waals surface area contributed by atoms with Gasteiger partial charge in [0.05, 0.1) is 27.2 Å². The van der Waals surface area contributed by atoms with Gasteiger partial charge < -0.3 is 33.5 Å². The number of aliphatic hydroxyl groups is 1. The smallest absolute Gasteiger partial charge is 0.287 e. The molecule has 0 bridgehead atoms. The second-order valence-corrected chi connectivity index (χ2v) is 19.4. The Morgan fingerprint density at radius 2 is 1.50 bits per heavy atom. The van der Waals surface area contributed by atoms with Gasteiger partial charge in [0.15, 0.2) is 25.7 Å². The normalized spacial score (nSPS) is 19.8. The minimum Gasteiger partial charge on any atom is -0.497 e. The standard InChI is InChI=1S/C39H45N5O7Si/c1-38(2,3)52(6,7)51-33-32(45)30(50-36(33)44-24-41-31-34(44)42-37-40-21-22-43(37)35(31)46)23-49-39(25-11-9-8-10-12-25,26-13-17-28(47-4)18-14-26)27-15-19-29(48-5)20-16-27/h8-22,24,30,32-33,36,45H,23H2,1-7H3,(H,40,42)/t30-,32-,33-,36-/m1/s1. The molecule has 12 nitrogen and oxygen atoms in total. The second kappa shape index (κ2) is 13.6. The number of hydrogen-bond donors (Lipinski definition) is 2. The molecule has 1 saturated heterocycles. The number of aromatic nitrogens is 5. The van der Waals surface area contributed by atoms with Crippen LogP contribution in [0.5, 0.6) is 11.5 Å². The van der Waals surface area contributed by atoms with Crippen LogP contribution in [0, 0.1) is 0 Å². The van der Waals surface area contributed by atoms with Gasteiger partial charge in [-0.1, -0.05) is 75.4 Å². The van der Waals surface area contributed by atoms with E-state index in [2.05, 4.69) is 43.8 Å². The Morgan fingerprint density at radius 1 is 0.904 bits per heavy atom. The van der Waals surface area contributed by atoms with Crippen LogP contribution in [0.25, 0.3) is 16.9 Å². The maximum Gasteiger partial charge on any atom is 0.287 e. The Balaban J connectivity index is 1.32. The molecule has 272 valence electrons. The lowest BCUT2D eigenvalue weighted by Gasteiger charge is -2.40. The number of benzene rings is 3. The van der Waals surface area contributed by atoms with Gasteiger partial charge in [0.1, 0.15) is 35.4 Å². The lowest BCUT2D eigenvalue weighted by Crippen LogP contribution is -2.49. The summed E-state index contributed by atoms with van der Waals surface area (Å²) in [5.74, 6) is 1.79. The summed E-state index contributed by atoms with van der Waals surface area (Å²) in [6.07, 6.45) is 1.16. The third-order valence-electron chi connectivity index (χ3n) is 10.5. The first-order valence-corrected chi connectivity index (χ1v) is 20.2. The van der Waals surface area contributed by atoms with Crippen LogP contribution in [0.1, 0.15) is 43.7 Å². The van der Waals surface area contributed by atoms with Crippen molar-refractivity contribution < 1.29 is 28.5 Å². The topological polar surface area (TPSA) is 134 Å². The van der Waals surface area contributed by atoms with Crippen molar-refractivity contribution in [3.63, 3.8) is 0 Å². The number of nitrogens with zero attached hydrogens (tertiary/aromatic N) is 4. The van der Waals surface area contributed by atoms with Crippen LogP contribution in [0.4, 0.5) is 0 Å². The van der Waals surface area contributed by atoms with E-state index in [1.165, 1.54) is 10.7 Å². The Bertz CT molecular complexity index is 2160. The summed E-state index contributed by atoms with van der Waals surface area (Å²) in [7, 11) is 0.791. The largest absolute Gasteiger partial charge is 0.497 e. The number of aromatic amines is 1. The third-order valence-corrected chi connectivity index (χ3v) is 15.0. The number of nitrogens with one attached hydrogen (secondary N) is 1. The van der Waals surface area contributed by atoms with Crippen molar-refractivity contribution in [3.8, 4) is 11.5 Å². The molecule has 0 radical (unpaired) electrons. The molecule has 3 aromatic carbocycles. The molecule has 52 heavy (non-hydrogen) atoms. The van der Waals surface area contributed by atoms with Crippen molar-refractivity contribution in [2.24, 2.45) is 0 Å². The maximum atomic E-state index is 13.3. The first-order chi connectivity index (χ1) is 24.9. The van der Waals surface area contributed by atoms with E-state index < -0.39 is 38.5 Å². The van der Waals surface area contributed by atoms with Gasteiger partial charge in [0, 0.05) is 12.4 Å². The van der Waals surface area contributed by atoms with E-state index in [1.807, 2.05) is 78.9 Å². The molecule has 1 fully saturated rings. The molecule has 4 heterocycles. The Kier molecular flexibility index (Phi) is 9.34. The molecule has 0 saturated carbocycles. The van der Waals surface area contributed by atoms with Crippen LogP contribution in [0.3, 0.4) is 0 Å². The number of H-pyrrole nitrogens is 1. The fourth-order valence-corrected chi connectivity index (χ4v) is 7.89. The fourth-order valence-electron chi connectivity index (χ4n) is 6.60. The number of ether oxygens (including phenoxy) is 4. The van der Waals surface area contributed by atoms with E-state index >= 15 is 0 Å². The highest BCUT2D eigenvalue weighted by molar-refractivity contribution is 6.74. The average Bonchev–Trinajstić information content (AvgIpc) is 3.87. The summed E-state index contributed by atoms with van der Waals surface area (Å²) < 4.78 is 34.9. The van der Waals surface area contributed by atoms with Crippen molar-refractivity contribution in [2.45, 2.75) is 69.0 Å². The lowest BCUT2D eigenvalue weighted by molar-refractivity contribution is -0.0940. The van der Waals surface area contributed by atoms with Gasteiger partial charge in [-0.15, -0.1) is 0 Å². The number of hydrogen-bond acceptors (Lipinski definition) is 9. The average molecular weight is 724 g/mol. The van der Waals surface area contributed by atoms with Gasteiger partial charge in [0.25, 0.3) is 5.56 Å². The molecule has 6 aromatic rings. The number of imidazole rings is 2. The van der Waals surface area contributed by atoms with E-state index in [4.69, 9.17) is 28.4 Å². The fraction of sp³-hybridized carbons (Fsp3) is 0.359. The molecule has 7 rings (SSSR count). The van der Waals surface area contributed by atoms with Gasteiger partial charge in [-0.25, -0.2) is 4.98 Å². The molecule has 1 aliphatic heterocycles. The van der Waals surface area contributed by atoms with Crippen LogP contribution >= 0.6 is 0 Å². The van der Waals surface area contributed by atoms with Crippen LogP contribution < -0.4 is 15.0 Å². The molecular formula is C39H45N5O7Si. The minimum absolute atomic E-state index is 0.0223. The summed E-state index contributed by atoms with van der Waals surface area (Å²) in [6, 6.07) is 25.5. The number of fused-ring (bicyclic) bond motifs is 2. The van der Waals surface area contributed by atoms with Crippen LogP contribution in [0.2, 0.25) is 18.1 Å². The summed E-state index contributed by atoms with van der Waals surface area (Å²) >= 11 is 0. The van der Waals surface area contributed by atoms with Gasteiger partial charge in [-0.3, -0.25) is 13.8 Å². The monoisotopic (exact) mass is 723 g/mol. The zero-order chi connectivity index (χ0) is 36.8. The van der Waals surface area contributed by atoms with Crippen LogP contribution in [-0.2, 0) is 19.5 Å². The zero-order valence-corrected chi connectivity index (χ0v) is 31.4. The molecule has 0 amide bonds. The van der Waals surface area contributed by atoms with Crippen molar-refractivity contribution in [3.05, 3.63) is 125 Å². The third kappa shape index (κ3) is 6.11. The van der Waals surface area contributed by atoms with Gasteiger partial charge in [-0.05, 0) is 59.1 Å². The van der Waals surface area contributed by atoms with Gasteiger partial charge >= 0.3 is 0 Å². The molecule has 0 aliphatic carbocycles. The van der Waals surface area contributed by atoms with E-state index in [-0.39, 0.29) is 22.7 Å². The van der Waals surface area contributed by atoms with Crippen molar-refractivity contribution in [1.29, 1.82) is 0 Å². The van der Waals surface area contributed by atoms with E-state index in [0.29, 0.717) is 22.9 Å². The molecule has 0 unspecified atom stereocenters. The summed E-state index contributed by atoms with van der Waals surface area (Å²) in [5, 5.41) is 12.0. The van der Waals surface area contributed by atoms with E-state index in [1.54, 1.807) is 31.2 Å². The summed E-state index contributed by atoms with van der Waals surface area (Å²) in [5.41, 5.74) is 1.64.